The van der Waals surface area contributed by atoms with Gasteiger partial charge in [-0.15, -0.1) is 0 Å². The highest BCUT2D eigenvalue weighted by Crippen LogP contribution is 2.21. The van der Waals surface area contributed by atoms with Crippen LogP contribution in [0.4, 0.5) is 8.78 Å². The first-order valence-corrected chi connectivity index (χ1v) is 5.70. The second-order valence-corrected chi connectivity index (χ2v) is 4.56. The minimum absolute atomic E-state index is 0.253. The van der Waals surface area contributed by atoms with Crippen LogP contribution in [0.25, 0.3) is 0 Å². The molecule has 0 saturated carbocycles. The number of aliphatic carboxylic acids is 1. The molecule has 3 nitrogen and oxygen atoms in total. The summed E-state index contributed by atoms with van der Waals surface area (Å²) in [7, 11) is 1.73. The smallest absolute Gasteiger partial charge is 0.307 e. The van der Waals surface area contributed by atoms with Crippen molar-refractivity contribution in [2.75, 3.05) is 13.6 Å². The monoisotopic (exact) mass is 257 g/mol. The van der Waals surface area contributed by atoms with Gasteiger partial charge in [0.15, 0.2) is 0 Å². The average molecular weight is 257 g/mol. The summed E-state index contributed by atoms with van der Waals surface area (Å²) in [6.07, 6.45) is 0. The molecule has 0 bridgehead atoms. The van der Waals surface area contributed by atoms with E-state index in [1.165, 1.54) is 12.1 Å². The molecule has 18 heavy (non-hydrogen) atoms. The zero-order chi connectivity index (χ0) is 13.9. The van der Waals surface area contributed by atoms with Crippen LogP contribution in [0.2, 0.25) is 0 Å². The van der Waals surface area contributed by atoms with Gasteiger partial charge in [-0.25, -0.2) is 8.78 Å². The third-order valence-electron chi connectivity index (χ3n) is 3.01. The predicted molar refractivity (Wildman–Crippen MR) is 64.2 cm³/mol. The number of benzene rings is 1. The third kappa shape index (κ3) is 3.77. The maximum Gasteiger partial charge on any atom is 0.307 e. The van der Waals surface area contributed by atoms with Gasteiger partial charge in [-0.2, -0.15) is 0 Å². The summed E-state index contributed by atoms with van der Waals surface area (Å²) in [4.78, 5) is 12.5. The van der Waals surface area contributed by atoms with Crippen LogP contribution in [0.3, 0.4) is 0 Å². The maximum atomic E-state index is 13.1. The van der Waals surface area contributed by atoms with Crippen LogP contribution in [0.5, 0.6) is 0 Å². The van der Waals surface area contributed by atoms with E-state index in [1.54, 1.807) is 25.8 Å². The van der Waals surface area contributed by atoms with Gasteiger partial charge < -0.3 is 5.11 Å². The van der Waals surface area contributed by atoms with Crippen molar-refractivity contribution in [1.29, 1.82) is 0 Å². The lowest BCUT2D eigenvalue weighted by Crippen LogP contribution is -2.30. The van der Waals surface area contributed by atoms with Crippen LogP contribution < -0.4 is 0 Å². The highest BCUT2D eigenvalue weighted by Gasteiger charge is 2.19. The van der Waals surface area contributed by atoms with E-state index in [-0.39, 0.29) is 6.04 Å². The largest absolute Gasteiger partial charge is 0.481 e. The van der Waals surface area contributed by atoms with Crippen LogP contribution in [-0.2, 0) is 4.79 Å². The molecule has 0 aromatic heterocycles. The van der Waals surface area contributed by atoms with E-state index in [2.05, 4.69) is 0 Å². The summed E-state index contributed by atoms with van der Waals surface area (Å²) < 4.78 is 26.2. The van der Waals surface area contributed by atoms with Gasteiger partial charge in [0.1, 0.15) is 11.6 Å². The normalized spacial score (nSPS) is 14.6. The van der Waals surface area contributed by atoms with Gasteiger partial charge in [0, 0.05) is 18.7 Å². The van der Waals surface area contributed by atoms with Crippen LogP contribution in [-0.4, -0.2) is 29.6 Å². The summed E-state index contributed by atoms with van der Waals surface area (Å²) in [5.41, 5.74) is 0.493. The van der Waals surface area contributed by atoms with Crippen molar-refractivity contribution in [1.82, 2.24) is 4.90 Å². The summed E-state index contributed by atoms with van der Waals surface area (Å²) >= 11 is 0. The molecule has 0 fully saturated rings. The summed E-state index contributed by atoms with van der Waals surface area (Å²) in [6.45, 7) is 3.69. The average Bonchev–Trinajstić information content (AvgIpc) is 2.26. The Morgan fingerprint density at radius 1 is 1.28 bits per heavy atom. The molecule has 0 amide bonds. The number of carboxylic acids is 1. The van der Waals surface area contributed by atoms with Crippen LogP contribution in [0, 0.1) is 17.6 Å². The van der Waals surface area contributed by atoms with Gasteiger partial charge in [-0.3, -0.25) is 9.69 Å². The van der Waals surface area contributed by atoms with Crippen LogP contribution in [0.15, 0.2) is 18.2 Å². The van der Waals surface area contributed by atoms with Gasteiger partial charge in [0.25, 0.3) is 0 Å². The number of carboxylic acid groups (broad SMARTS) is 1. The van der Waals surface area contributed by atoms with Crippen molar-refractivity contribution in [2.24, 2.45) is 5.92 Å². The first-order valence-electron chi connectivity index (χ1n) is 5.70. The van der Waals surface area contributed by atoms with Gasteiger partial charge in [-0.1, -0.05) is 6.92 Å². The van der Waals surface area contributed by atoms with Gasteiger partial charge in [0.2, 0.25) is 0 Å². The number of nitrogens with zero attached hydrogens (tertiary/aromatic N) is 1. The summed E-state index contributed by atoms with van der Waals surface area (Å²) in [6, 6.07) is 3.08. The minimum atomic E-state index is -0.889. The van der Waals surface area contributed by atoms with Gasteiger partial charge >= 0.3 is 5.97 Å². The molecule has 1 N–H and O–H groups in total. The fourth-order valence-corrected chi connectivity index (χ4v) is 1.74. The minimum Gasteiger partial charge on any atom is -0.481 e. The molecule has 1 aromatic carbocycles. The quantitative estimate of drug-likeness (QED) is 0.881. The molecule has 0 heterocycles. The van der Waals surface area contributed by atoms with Crippen molar-refractivity contribution >= 4 is 5.97 Å². The van der Waals surface area contributed by atoms with E-state index in [4.69, 9.17) is 5.11 Å². The molecular formula is C13H17F2NO2. The van der Waals surface area contributed by atoms with E-state index in [9.17, 15) is 13.6 Å². The topological polar surface area (TPSA) is 40.5 Å². The van der Waals surface area contributed by atoms with Crippen LogP contribution in [0.1, 0.15) is 25.5 Å². The molecule has 0 radical (unpaired) electrons. The Bertz CT molecular complexity index is 417. The standard InChI is InChI=1S/C13H17F2NO2/c1-8(13(17)18)7-16(3)9(2)10-4-11(14)6-12(15)5-10/h4-6,8-9H,7H2,1-3H3,(H,17,18). The first kappa shape index (κ1) is 14.6. The van der Waals surface area contributed by atoms with Crippen molar-refractivity contribution in [3.05, 3.63) is 35.4 Å². The molecule has 0 aliphatic rings. The molecule has 0 aliphatic carbocycles. The van der Waals surface area contributed by atoms with E-state index < -0.39 is 23.5 Å². The number of halogens is 2. The van der Waals surface area contributed by atoms with Crippen LogP contribution >= 0.6 is 0 Å². The molecule has 100 valence electrons. The second-order valence-electron chi connectivity index (χ2n) is 4.56. The molecule has 2 unspecified atom stereocenters. The number of carbonyl (C=O) groups is 1. The van der Waals surface area contributed by atoms with E-state index >= 15 is 0 Å². The molecular weight excluding hydrogens is 240 g/mol. The molecule has 0 spiro atoms. The fourth-order valence-electron chi connectivity index (χ4n) is 1.74. The maximum absolute atomic E-state index is 13.1. The number of rotatable bonds is 5. The van der Waals surface area contributed by atoms with Crippen molar-refractivity contribution in [3.63, 3.8) is 0 Å². The Labute approximate surface area is 105 Å². The Hall–Kier alpha value is -1.49. The lowest BCUT2D eigenvalue weighted by Gasteiger charge is -2.26. The Morgan fingerprint density at radius 3 is 2.22 bits per heavy atom. The number of hydrogen-bond acceptors (Lipinski definition) is 2. The zero-order valence-electron chi connectivity index (χ0n) is 10.7. The van der Waals surface area contributed by atoms with Crippen molar-refractivity contribution < 1.29 is 18.7 Å². The highest BCUT2D eigenvalue weighted by atomic mass is 19.1. The zero-order valence-corrected chi connectivity index (χ0v) is 10.7. The lowest BCUT2D eigenvalue weighted by atomic mass is 10.1. The molecule has 1 rings (SSSR count). The SMILES string of the molecule is CC(CN(C)C(C)c1cc(F)cc(F)c1)C(=O)O. The van der Waals surface area contributed by atoms with E-state index in [1.807, 2.05) is 0 Å². The highest BCUT2D eigenvalue weighted by molar-refractivity contribution is 5.69. The van der Waals surface area contributed by atoms with Crippen molar-refractivity contribution in [3.8, 4) is 0 Å². The molecule has 5 heteroatoms. The Balaban J connectivity index is 2.79. The van der Waals surface area contributed by atoms with Gasteiger partial charge in [0.05, 0.1) is 5.92 Å². The summed E-state index contributed by atoms with van der Waals surface area (Å²) in [5, 5.41) is 8.82. The van der Waals surface area contributed by atoms with E-state index in [0.29, 0.717) is 12.1 Å². The summed E-state index contributed by atoms with van der Waals surface area (Å²) in [5.74, 6) is -2.68. The fraction of sp³-hybridized carbons (Fsp3) is 0.462. The second kappa shape index (κ2) is 5.91. The predicted octanol–water partition coefficient (Wildman–Crippen LogP) is 2.68. The van der Waals surface area contributed by atoms with Crippen molar-refractivity contribution in [2.45, 2.75) is 19.9 Å². The molecule has 2 atom stereocenters. The molecule has 0 aliphatic heterocycles. The first-order chi connectivity index (χ1) is 8.31. The molecule has 1 aromatic rings. The lowest BCUT2D eigenvalue weighted by molar-refractivity contribution is -0.141. The Morgan fingerprint density at radius 2 is 1.78 bits per heavy atom. The number of hydrogen-bond donors (Lipinski definition) is 1. The molecule has 0 saturated heterocycles. The van der Waals surface area contributed by atoms with Gasteiger partial charge in [-0.05, 0) is 31.7 Å². The third-order valence-corrected chi connectivity index (χ3v) is 3.01. The Kier molecular flexibility index (Phi) is 4.78. The van der Waals surface area contributed by atoms with E-state index in [0.717, 1.165) is 6.07 Å².